The Morgan fingerprint density at radius 3 is 2.17 bits per heavy atom. The first-order chi connectivity index (χ1) is 19.8. The molecule has 1 heterocycles. The number of ether oxygens (including phenoxy) is 1. The van der Waals surface area contributed by atoms with Crippen LogP contribution in [0.2, 0.25) is 0 Å². The molecular formula is C30H37FN4O5S. The topological polar surface area (TPSA) is 114 Å². The van der Waals surface area contributed by atoms with Gasteiger partial charge in [0.2, 0.25) is 11.3 Å². The first-order valence-corrected chi connectivity index (χ1v) is 14.8. The Balaban J connectivity index is 1.28. The number of urea groups is 1. The minimum Gasteiger partial charge on any atom is -0.457 e. The van der Waals surface area contributed by atoms with E-state index in [1.807, 2.05) is 55.5 Å². The van der Waals surface area contributed by atoms with Crippen LogP contribution in [0.4, 0.5) is 14.9 Å². The van der Waals surface area contributed by atoms with E-state index in [-0.39, 0.29) is 31.0 Å². The fraction of sp³-hybridized carbons (Fsp3) is 0.367. The third-order valence-electron chi connectivity index (χ3n) is 7.12. The van der Waals surface area contributed by atoms with Gasteiger partial charge in [-0.25, -0.2) is 18.1 Å². The van der Waals surface area contributed by atoms with Crippen molar-refractivity contribution in [3.05, 3.63) is 89.7 Å². The maximum absolute atomic E-state index is 13.3. The zero-order valence-electron chi connectivity index (χ0n) is 23.0. The number of hydrogen-bond acceptors (Lipinski definition) is 5. The molecule has 0 saturated carbocycles. The number of likely N-dealkylation sites (tertiary alicyclic amines) is 1. The van der Waals surface area contributed by atoms with Crippen molar-refractivity contribution in [3.8, 4) is 11.5 Å². The molecule has 1 aliphatic heterocycles. The molecule has 2 atom stereocenters. The molecule has 0 spiro atoms. The average Bonchev–Trinajstić information content (AvgIpc) is 2.98. The zero-order chi connectivity index (χ0) is 29.2. The highest BCUT2D eigenvalue weighted by molar-refractivity contribution is 7.77. The number of aliphatic hydroxyl groups is 1. The summed E-state index contributed by atoms with van der Waals surface area (Å²) in [5.74, 6) is 1.03. The largest absolute Gasteiger partial charge is 0.457 e. The molecule has 0 bridgehead atoms. The quantitative estimate of drug-likeness (QED) is 0.220. The first kappa shape index (κ1) is 30.6. The second-order valence-corrected chi connectivity index (χ2v) is 10.9. The van der Waals surface area contributed by atoms with Crippen molar-refractivity contribution in [2.45, 2.75) is 51.4 Å². The number of piperidine rings is 1. The van der Waals surface area contributed by atoms with E-state index >= 15 is 0 Å². The van der Waals surface area contributed by atoms with Crippen LogP contribution in [-0.4, -0.2) is 61.5 Å². The molecule has 11 heteroatoms. The Kier molecular flexibility index (Phi) is 11.2. The lowest BCUT2D eigenvalue weighted by Crippen LogP contribution is -2.51. The minimum absolute atomic E-state index is 0.00312. The molecule has 3 aromatic carbocycles. The minimum atomic E-state index is -2.05. The number of rotatable bonds is 12. The van der Waals surface area contributed by atoms with Crippen LogP contribution in [0, 0.1) is 5.82 Å². The number of nitrogens with zero attached hydrogens (tertiary/aromatic N) is 2. The summed E-state index contributed by atoms with van der Waals surface area (Å²) in [6.07, 6.45) is 1.51. The van der Waals surface area contributed by atoms with Crippen LogP contribution in [0.15, 0.2) is 72.8 Å². The van der Waals surface area contributed by atoms with Crippen LogP contribution in [0.25, 0.3) is 0 Å². The molecule has 4 rings (SSSR count). The summed E-state index contributed by atoms with van der Waals surface area (Å²) in [7, 11) is 0. The summed E-state index contributed by atoms with van der Waals surface area (Å²) < 4.78 is 41.2. The second kappa shape index (κ2) is 15.0. The summed E-state index contributed by atoms with van der Waals surface area (Å²) >= 11 is -2.05. The van der Waals surface area contributed by atoms with Gasteiger partial charge in [-0.15, -0.1) is 0 Å². The molecule has 220 valence electrons. The van der Waals surface area contributed by atoms with Crippen LogP contribution < -0.4 is 14.8 Å². The summed E-state index contributed by atoms with van der Waals surface area (Å²) in [5.41, 5.74) is 2.54. The van der Waals surface area contributed by atoms with E-state index in [1.54, 1.807) is 4.90 Å². The predicted molar refractivity (Wildman–Crippen MR) is 157 cm³/mol. The third kappa shape index (κ3) is 9.61. The van der Waals surface area contributed by atoms with Gasteiger partial charge in [0, 0.05) is 44.5 Å². The standard InChI is InChI=1S/C30H37FN4O5S/c1-2-27(36)21-35(30(37)33-25-9-7-24(31)8-10-25)26-15-17-34(18-16-26)20-23-5-13-29(14-6-23)40-28-11-3-22(4-12-28)19-32-41(38)39/h3-14,26-27,32,36H,2,15-21H2,1H3,(H,33,37)(H,38,39). The predicted octanol–water partition coefficient (Wildman–Crippen LogP) is 5.11. The maximum Gasteiger partial charge on any atom is 0.322 e. The number of hydrogen-bond donors (Lipinski definition) is 4. The van der Waals surface area contributed by atoms with Crippen molar-refractivity contribution in [3.63, 3.8) is 0 Å². The van der Waals surface area contributed by atoms with Crippen molar-refractivity contribution < 1.29 is 27.8 Å². The van der Waals surface area contributed by atoms with Crippen molar-refractivity contribution in [2.24, 2.45) is 0 Å². The molecule has 3 aromatic rings. The van der Waals surface area contributed by atoms with Crippen LogP contribution in [-0.2, 0) is 24.4 Å². The smallest absolute Gasteiger partial charge is 0.322 e. The monoisotopic (exact) mass is 584 g/mol. The SMILES string of the molecule is CCC(O)CN(C(=O)Nc1ccc(F)cc1)C1CCN(Cc2ccc(Oc3ccc(CNS(=O)O)cc3)cc2)CC1. The molecular weight excluding hydrogens is 547 g/mol. The van der Waals surface area contributed by atoms with Gasteiger partial charge in [-0.3, -0.25) is 9.45 Å². The van der Waals surface area contributed by atoms with E-state index in [0.29, 0.717) is 23.6 Å². The third-order valence-corrected chi connectivity index (χ3v) is 7.51. The van der Waals surface area contributed by atoms with E-state index in [4.69, 9.17) is 9.29 Å². The van der Waals surface area contributed by atoms with E-state index in [1.165, 1.54) is 24.3 Å². The summed E-state index contributed by atoms with van der Waals surface area (Å²) in [5, 5.41) is 13.2. The Bertz CT molecular complexity index is 1270. The molecule has 1 fully saturated rings. The summed E-state index contributed by atoms with van der Waals surface area (Å²) in [6, 6.07) is 20.6. The molecule has 0 aromatic heterocycles. The number of anilines is 1. The number of halogens is 1. The zero-order valence-corrected chi connectivity index (χ0v) is 23.9. The Morgan fingerprint density at radius 2 is 1.61 bits per heavy atom. The van der Waals surface area contributed by atoms with E-state index < -0.39 is 17.4 Å². The number of carbonyl (C=O) groups is 1. The van der Waals surface area contributed by atoms with Gasteiger partial charge < -0.3 is 20.1 Å². The lowest BCUT2D eigenvalue weighted by atomic mass is 10.0. The maximum atomic E-state index is 13.3. The van der Waals surface area contributed by atoms with Gasteiger partial charge in [-0.05, 0) is 78.9 Å². The molecule has 0 aliphatic carbocycles. The lowest BCUT2D eigenvalue weighted by Gasteiger charge is -2.39. The van der Waals surface area contributed by atoms with E-state index in [0.717, 1.165) is 43.6 Å². The van der Waals surface area contributed by atoms with Crippen LogP contribution in [0.1, 0.15) is 37.3 Å². The molecule has 0 radical (unpaired) electrons. The van der Waals surface area contributed by atoms with E-state index in [2.05, 4.69) is 14.9 Å². The molecule has 9 nitrogen and oxygen atoms in total. The number of aliphatic hydroxyl groups excluding tert-OH is 1. The highest BCUT2D eigenvalue weighted by Crippen LogP contribution is 2.24. The van der Waals surface area contributed by atoms with Gasteiger partial charge in [0.05, 0.1) is 6.10 Å². The van der Waals surface area contributed by atoms with Crippen molar-refractivity contribution in [1.82, 2.24) is 14.5 Å². The Labute approximate surface area is 242 Å². The van der Waals surface area contributed by atoms with Gasteiger partial charge >= 0.3 is 6.03 Å². The lowest BCUT2D eigenvalue weighted by molar-refractivity contribution is 0.0766. The number of carbonyl (C=O) groups excluding carboxylic acids is 1. The highest BCUT2D eigenvalue weighted by Gasteiger charge is 2.29. The molecule has 1 saturated heterocycles. The van der Waals surface area contributed by atoms with Crippen molar-refractivity contribution in [1.29, 1.82) is 0 Å². The van der Waals surface area contributed by atoms with Gasteiger partial charge in [-0.2, -0.15) is 0 Å². The van der Waals surface area contributed by atoms with Crippen LogP contribution in [0.5, 0.6) is 11.5 Å². The first-order valence-electron chi connectivity index (χ1n) is 13.7. The molecule has 41 heavy (non-hydrogen) atoms. The van der Waals surface area contributed by atoms with Gasteiger partial charge in [0.15, 0.2) is 0 Å². The fourth-order valence-electron chi connectivity index (χ4n) is 4.75. The average molecular weight is 585 g/mol. The Hall–Kier alpha value is -3.35. The summed E-state index contributed by atoms with van der Waals surface area (Å²) in [6.45, 7) is 4.84. The molecule has 4 N–H and O–H groups in total. The fourth-order valence-corrected chi connectivity index (χ4v) is 5.04. The Morgan fingerprint density at radius 1 is 1.02 bits per heavy atom. The number of nitrogens with one attached hydrogen (secondary N) is 2. The van der Waals surface area contributed by atoms with Gasteiger partial charge in [0.1, 0.15) is 17.3 Å². The number of benzene rings is 3. The van der Waals surface area contributed by atoms with Crippen LogP contribution in [0.3, 0.4) is 0 Å². The molecule has 1 aliphatic rings. The second-order valence-electron chi connectivity index (χ2n) is 10.1. The highest BCUT2D eigenvalue weighted by atomic mass is 32.2. The van der Waals surface area contributed by atoms with Crippen molar-refractivity contribution in [2.75, 3.05) is 25.0 Å². The van der Waals surface area contributed by atoms with Crippen molar-refractivity contribution >= 4 is 23.0 Å². The van der Waals surface area contributed by atoms with Gasteiger partial charge in [0.25, 0.3) is 0 Å². The molecule has 2 unspecified atom stereocenters. The van der Waals surface area contributed by atoms with Crippen LogP contribution >= 0.6 is 0 Å². The molecule has 2 amide bonds. The van der Waals surface area contributed by atoms with E-state index in [9.17, 15) is 18.5 Å². The van der Waals surface area contributed by atoms with Gasteiger partial charge in [-0.1, -0.05) is 31.2 Å². The number of amides is 2. The normalized spacial score (nSPS) is 15.7. The summed E-state index contributed by atoms with van der Waals surface area (Å²) in [4.78, 5) is 17.2.